The molecule has 7 heteroatoms. The lowest BCUT2D eigenvalue weighted by Crippen LogP contribution is -2.02. The summed E-state index contributed by atoms with van der Waals surface area (Å²) >= 11 is 5.84. The van der Waals surface area contributed by atoms with Crippen molar-refractivity contribution in [3.63, 3.8) is 0 Å². The van der Waals surface area contributed by atoms with Crippen molar-refractivity contribution in [3.8, 4) is 0 Å². The van der Waals surface area contributed by atoms with E-state index in [1.807, 2.05) is 0 Å². The Balaban J connectivity index is 2.07. The van der Waals surface area contributed by atoms with Crippen LogP contribution in [-0.4, -0.2) is 26.1 Å². The van der Waals surface area contributed by atoms with Crippen LogP contribution in [0.15, 0.2) is 24.4 Å². The minimum atomic E-state index is -0.886. The predicted molar refractivity (Wildman–Crippen MR) is 66.5 cm³/mol. The highest BCUT2D eigenvalue weighted by Crippen LogP contribution is 2.20. The third kappa shape index (κ3) is 3.51. The number of carbonyl (C=O) groups is 1. The maximum Gasteiger partial charge on any atom is 0.303 e. The van der Waals surface area contributed by atoms with E-state index in [4.69, 9.17) is 16.7 Å². The van der Waals surface area contributed by atoms with Crippen LogP contribution in [-0.2, 0) is 17.8 Å². The number of hydrogen-bond donors (Lipinski definition) is 1. The molecule has 5 nitrogen and oxygen atoms in total. The molecule has 2 aromatic rings. The second-order valence-electron chi connectivity index (χ2n) is 4.01. The van der Waals surface area contributed by atoms with Gasteiger partial charge in [-0.25, -0.2) is 9.07 Å². The van der Waals surface area contributed by atoms with Gasteiger partial charge in [0.25, 0.3) is 0 Å². The first kappa shape index (κ1) is 13.5. The SMILES string of the molecule is O=C(O)CCc1cn(Cc2cccc(F)c2Cl)nn1. The van der Waals surface area contributed by atoms with Crippen molar-refractivity contribution in [1.82, 2.24) is 15.0 Å². The molecule has 100 valence electrons. The minimum absolute atomic E-state index is 0.000581. The summed E-state index contributed by atoms with van der Waals surface area (Å²) in [7, 11) is 0. The minimum Gasteiger partial charge on any atom is -0.481 e. The van der Waals surface area contributed by atoms with Gasteiger partial charge in [-0.1, -0.05) is 28.9 Å². The van der Waals surface area contributed by atoms with Gasteiger partial charge in [-0.15, -0.1) is 5.10 Å². The van der Waals surface area contributed by atoms with E-state index in [0.717, 1.165) is 0 Å². The molecule has 0 saturated heterocycles. The van der Waals surface area contributed by atoms with Crippen molar-refractivity contribution in [2.45, 2.75) is 19.4 Å². The quantitative estimate of drug-likeness (QED) is 0.913. The average molecular weight is 284 g/mol. The second-order valence-corrected chi connectivity index (χ2v) is 4.39. The number of carboxylic acid groups (broad SMARTS) is 1. The average Bonchev–Trinajstić information content (AvgIpc) is 2.80. The maximum atomic E-state index is 13.3. The standard InChI is InChI=1S/C12H11ClFN3O2/c13-12-8(2-1-3-10(12)14)6-17-7-9(15-16-17)4-5-11(18)19/h1-3,7H,4-6H2,(H,18,19). The van der Waals surface area contributed by atoms with Gasteiger partial charge in [0.15, 0.2) is 0 Å². The van der Waals surface area contributed by atoms with Gasteiger partial charge in [-0.05, 0) is 11.6 Å². The highest BCUT2D eigenvalue weighted by Gasteiger charge is 2.08. The summed E-state index contributed by atoms with van der Waals surface area (Å²) in [5, 5.41) is 16.3. The van der Waals surface area contributed by atoms with Crippen molar-refractivity contribution in [2.75, 3.05) is 0 Å². The van der Waals surface area contributed by atoms with Crippen LogP contribution in [0.4, 0.5) is 4.39 Å². The fourth-order valence-corrected chi connectivity index (χ4v) is 1.80. The van der Waals surface area contributed by atoms with Gasteiger partial charge < -0.3 is 5.11 Å². The molecule has 1 heterocycles. The molecule has 0 aliphatic rings. The zero-order chi connectivity index (χ0) is 13.8. The van der Waals surface area contributed by atoms with Gasteiger partial charge in [0.2, 0.25) is 0 Å². The first-order valence-electron chi connectivity index (χ1n) is 5.60. The van der Waals surface area contributed by atoms with Crippen LogP contribution in [0.3, 0.4) is 0 Å². The largest absolute Gasteiger partial charge is 0.481 e. The van der Waals surface area contributed by atoms with E-state index in [2.05, 4.69) is 10.3 Å². The number of halogens is 2. The topological polar surface area (TPSA) is 68.0 Å². The number of aromatic nitrogens is 3. The van der Waals surface area contributed by atoms with Gasteiger partial charge in [0.1, 0.15) is 5.82 Å². The molecule has 0 aliphatic carbocycles. The van der Waals surface area contributed by atoms with E-state index in [1.165, 1.54) is 10.7 Å². The normalized spacial score (nSPS) is 10.6. The van der Waals surface area contributed by atoms with Crippen LogP contribution in [0.5, 0.6) is 0 Å². The van der Waals surface area contributed by atoms with Crippen molar-refractivity contribution >= 4 is 17.6 Å². The summed E-state index contributed by atoms with van der Waals surface area (Å²) < 4.78 is 14.8. The van der Waals surface area contributed by atoms with Gasteiger partial charge in [0, 0.05) is 12.6 Å². The molecular weight excluding hydrogens is 273 g/mol. The first-order chi connectivity index (χ1) is 9.06. The molecular formula is C12H11ClFN3O2. The number of aryl methyl sites for hydroxylation is 1. The Morgan fingerprint density at radius 3 is 3.00 bits per heavy atom. The molecule has 0 aliphatic heterocycles. The number of rotatable bonds is 5. The first-order valence-corrected chi connectivity index (χ1v) is 5.98. The number of benzene rings is 1. The number of nitrogens with zero attached hydrogens (tertiary/aromatic N) is 3. The summed E-state index contributed by atoms with van der Waals surface area (Å²) in [5.74, 6) is -1.37. The third-order valence-electron chi connectivity index (χ3n) is 2.55. The highest BCUT2D eigenvalue weighted by atomic mass is 35.5. The van der Waals surface area contributed by atoms with E-state index in [-0.39, 0.29) is 18.0 Å². The van der Waals surface area contributed by atoms with Crippen LogP contribution in [0.1, 0.15) is 17.7 Å². The number of hydrogen-bond acceptors (Lipinski definition) is 3. The van der Waals surface area contributed by atoms with Gasteiger partial charge >= 0.3 is 5.97 Å². The van der Waals surface area contributed by atoms with Crippen molar-refractivity contribution < 1.29 is 14.3 Å². The van der Waals surface area contributed by atoms with Crippen LogP contribution < -0.4 is 0 Å². The Bertz CT molecular complexity index is 600. The monoisotopic (exact) mass is 283 g/mol. The Morgan fingerprint density at radius 2 is 2.26 bits per heavy atom. The summed E-state index contributed by atoms with van der Waals surface area (Å²) in [6.45, 7) is 0.288. The lowest BCUT2D eigenvalue weighted by Gasteiger charge is -2.04. The molecule has 0 radical (unpaired) electrons. The Kier molecular flexibility index (Phi) is 4.11. The smallest absolute Gasteiger partial charge is 0.303 e. The fourth-order valence-electron chi connectivity index (χ4n) is 1.61. The Hall–Kier alpha value is -1.95. The lowest BCUT2D eigenvalue weighted by atomic mass is 10.2. The van der Waals surface area contributed by atoms with E-state index < -0.39 is 11.8 Å². The molecule has 0 unspecified atom stereocenters. The summed E-state index contributed by atoms with van der Waals surface area (Å²) in [4.78, 5) is 10.4. The lowest BCUT2D eigenvalue weighted by molar-refractivity contribution is -0.136. The van der Waals surface area contributed by atoms with Crippen LogP contribution in [0, 0.1) is 5.82 Å². The van der Waals surface area contributed by atoms with Crippen molar-refractivity contribution in [1.29, 1.82) is 0 Å². The molecule has 0 atom stereocenters. The summed E-state index contributed by atoms with van der Waals surface area (Å²) in [5.41, 5.74) is 1.17. The summed E-state index contributed by atoms with van der Waals surface area (Å²) in [6.07, 6.45) is 1.94. The molecule has 1 N–H and O–H groups in total. The summed E-state index contributed by atoms with van der Waals surface area (Å²) in [6, 6.07) is 4.55. The third-order valence-corrected chi connectivity index (χ3v) is 2.97. The zero-order valence-electron chi connectivity index (χ0n) is 9.88. The molecule has 2 rings (SSSR count). The molecule has 0 bridgehead atoms. The molecule has 0 spiro atoms. The Labute approximate surface area is 113 Å². The fraction of sp³-hybridized carbons (Fsp3) is 0.250. The molecule has 19 heavy (non-hydrogen) atoms. The zero-order valence-corrected chi connectivity index (χ0v) is 10.6. The van der Waals surface area contributed by atoms with E-state index in [0.29, 0.717) is 17.7 Å². The van der Waals surface area contributed by atoms with E-state index in [9.17, 15) is 9.18 Å². The number of carboxylic acids is 1. The molecule has 0 saturated carbocycles. The van der Waals surface area contributed by atoms with Crippen LogP contribution >= 0.6 is 11.6 Å². The van der Waals surface area contributed by atoms with Crippen molar-refractivity contribution in [2.24, 2.45) is 0 Å². The Morgan fingerprint density at radius 1 is 1.47 bits per heavy atom. The molecule has 1 aromatic carbocycles. The maximum absolute atomic E-state index is 13.3. The van der Waals surface area contributed by atoms with Crippen LogP contribution in [0.2, 0.25) is 5.02 Å². The molecule has 0 amide bonds. The van der Waals surface area contributed by atoms with E-state index in [1.54, 1.807) is 18.3 Å². The van der Waals surface area contributed by atoms with Crippen molar-refractivity contribution in [3.05, 3.63) is 46.5 Å². The van der Waals surface area contributed by atoms with Gasteiger partial charge in [-0.2, -0.15) is 0 Å². The highest BCUT2D eigenvalue weighted by molar-refractivity contribution is 6.31. The second kappa shape index (κ2) is 5.79. The van der Waals surface area contributed by atoms with Crippen LogP contribution in [0.25, 0.3) is 0 Å². The van der Waals surface area contributed by atoms with Gasteiger partial charge in [0.05, 0.1) is 23.7 Å². The number of aliphatic carboxylic acids is 1. The predicted octanol–water partition coefficient (Wildman–Crippen LogP) is 2.14. The molecule has 0 fully saturated rings. The van der Waals surface area contributed by atoms with E-state index >= 15 is 0 Å². The molecule has 1 aromatic heterocycles. The van der Waals surface area contributed by atoms with Gasteiger partial charge in [-0.3, -0.25) is 4.79 Å².